The molecule has 1 aliphatic heterocycles. The highest BCUT2D eigenvalue weighted by Gasteiger charge is 2.12. The first-order valence-corrected chi connectivity index (χ1v) is 7.59. The highest BCUT2D eigenvalue weighted by molar-refractivity contribution is 5.83. The van der Waals surface area contributed by atoms with Gasteiger partial charge < -0.3 is 14.2 Å². The molecule has 0 aromatic heterocycles. The number of methoxy groups -OCH3 is 1. The van der Waals surface area contributed by atoms with Crippen molar-refractivity contribution in [3.05, 3.63) is 53.6 Å². The van der Waals surface area contributed by atoms with E-state index in [1.165, 1.54) is 0 Å². The Kier molecular flexibility index (Phi) is 4.96. The minimum Gasteiger partial charge on any atom is -0.497 e. The van der Waals surface area contributed by atoms with E-state index in [-0.39, 0.29) is 12.3 Å². The van der Waals surface area contributed by atoms with Crippen molar-refractivity contribution in [3.63, 3.8) is 0 Å². The number of hydrazone groups is 1. The second kappa shape index (κ2) is 7.50. The molecular weight excluding hydrogens is 308 g/mol. The molecule has 6 heteroatoms. The molecule has 0 saturated heterocycles. The predicted molar refractivity (Wildman–Crippen MR) is 89.9 cm³/mol. The van der Waals surface area contributed by atoms with Crippen LogP contribution in [-0.4, -0.2) is 32.4 Å². The molecule has 0 spiro atoms. The monoisotopic (exact) mass is 326 g/mol. The molecule has 24 heavy (non-hydrogen) atoms. The van der Waals surface area contributed by atoms with Gasteiger partial charge in [-0.2, -0.15) is 5.10 Å². The lowest BCUT2D eigenvalue weighted by Crippen LogP contribution is -2.20. The van der Waals surface area contributed by atoms with E-state index in [4.69, 9.17) is 14.2 Å². The third kappa shape index (κ3) is 4.04. The van der Waals surface area contributed by atoms with Crippen molar-refractivity contribution in [2.45, 2.75) is 6.42 Å². The summed E-state index contributed by atoms with van der Waals surface area (Å²) in [5, 5.41) is 3.96. The molecule has 3 rings (SSSR count). The van der Waals surface area contributed by atoms with E-state index in [0.717, 1.165) is 16.9 Å². The van der Waals surface area contributed by atoms with Gasteiger partial charge in [-0.3, -0.25) is 4.79 Å². The van der Waals surface area contributed by atoms with Crippen LogP contribution in [0.5, 0.6) is 17.2 Å². The van der Waals surface area contributed by atoms with E-state index in [1.807, 2.05) is 42.5 Å². The van der Waals surface area contributed by atoms with Crippen LogP contribution >= 0.6 is 0 Å². The second-order valence-electron chi connectivity index (χ2n) is 5.22. The smallest absolute Gasteiger partial charge is 0.244 e. The number of ether oxygens (including phenoxy) is 3. The molecule has 0 aliphatic carbocycles. The number of carbonyl (C=O) groups is 1. The fourth-order valence-corrected chi connectivity index (χ4v) is 2.29. The number of hydrogen-bond acceptors (Lipinski definition) is 5. The first-order chi connectivity index (χ1) is 11.7. The number of nitrogens with zero attached hydrogens (tertiary/aromatic N) is 1. The quantitative estimate of drug-likeness (QED) is 0.675. The molecule has 0 unspecified atom stereocenters. The van der Waals surface area contributed by atoms with E-state index < -0.39 is 0 Å². The largest absolute Gasteiger partial charge is 0.497 e. The third-order valence-electron chi connectivity index (χ3n) is 3.49. The first-order valence-electron chi connectivity index (χ1n) is 7.59. The van der Waals surface area contributed by atoms with Crippen LogP contribution in [0.1, 0.15) is 11.1 Å². The van der Waals surface area contributed by atoms with Gasteiger partial charge >= 0.3 is 0 Å². The Morgan fingerprint density at radius 3 is 2.67 bits per heavy atom. The Bertz CT molecular complexity index is 741. The zero-order valence-corrected chi connectivity index (χ0v) is 13.3. The summed E-state index contributed by atoms with van der Waals surface area (Å²) < 4.78 is 16.0. The highest BCUT2D eigenvalue weighted by atomic mass is 16.6. The summed E-state index contributed by atoms with van der Waals surface area (Å²) in [4.78, 5) is 12.0. The van der Waals surface area contributed by atoms with Crippen LogP contribution in [-0.2, 0) is 11.2 Å². The predicted octanol–water partition coefficient (Wildman–Crippen LogP) is 2.16. The number of carbonyl (C=O) groups excluding carboxylic acids is 1. The van der Waals surface area contributed by atoms with E-state index >= 15 is 0 Å². The van der Waals surface area contributed by atoms with Crippen LogP contribution in [0.3, 0.4) is 0 Å². The molecule has 124 valence electrons. The summed E-state index contributed by atoms with van der Waals surface area (Å²) in [6.07, 6.45) is 1.80. The van der Waals surface area contributed by atoms with Gasteiger partial charge in [-0.15, -0.1) is 0 Å². The normalized spacial score (nSPS) is 12.9. The highest BCUT2D eigenvalue weighted by Crippen LogP contribution is 2.30. The summed E-state index contributed by atoms with van der Waals surface area (Å²) in [7, 11) is 1.61. The maximum atomic E-state index is 12.0. The average Bonchev–Trinajstić information content (AvgIpc) is 2.62. The molecule has 1 N–H and O–H groups in total. The van der Waals surface area contributed by atoms with Gasteiger partial charge in [0.2, 0.25) is 5.91 Å². The van der Waals surface area contributed by atoms with Gasteiger partial charge in [-0.05, 0) is 47.5 Å². The molecule has 1 heterocycles. The standard InChI is InChI=1S/C18H18N2O4/c1-22-15-5-2-13(3-6-15)12-19-20-18(21)11-14-4-7-16-17(10-14)24-9-8-23-16/h2-7,10,12H,8-9,11H2,1H3,(H,20,21)/b19-12+. The molecule has 0 radical (unpaired) electrons. The Hall–Kier alpha value is -3.02. The number of nitrogens with one attached hydrogen (secondary N) is 1. The lowest BCUT2D eigenvalue weighted by atomic mass is 10.1. The van der Waals surface area contributed by atoms with Crippen LogP contribution in [0.25, 0.3) is 0 Å². The number of benzene rings is 2. The fraction of sp³-hybridized carbons (Fsp3) is 0.222. The molecule has 0 bridgehead atoms. The fourth-order valence-electron chi connectivity index (χ4n) is 2.29. The molecule has 0 atom stereocenters. The molecule has 0 fully saturated rings. The minimum atomic E-state index is -0.198. The van der Waals surface area contributed by atoms with Gasteiger partial charge in [-0.1, -0.05) is 6.07 Å². The molecule has 1 aliphatic rings. The number of rotatable bonds is 5. The van der Waals surface area contributed by atoms with Crippen LogP contribution in [0.2, 0.25) is 0 Å². The zero-order valence-electron chi connectivity index (χ0n) is 13.3. The molecule has 2 aromatic rings. The second-order valence-corrected chi connectivity index (χ2v) is 5.22. The van der Waals surface area contributed by atoms with Crippen LogP contribution in [0, 0.1) is 0 Å². The summed E-state index contributed by atoms with van der Waals surface area (Å²) in [6.45, 7) is 1.07. The third-order valence-corrected chi connectivity index (χ3v) is 3.49. The van der Waals surface area contributed by atoms with Crippen molar-refractivity contribution in [2.75, 3.05) is 20.3 Å². The van der Waals surface area contributed by atoms with Gasteiger partial charge in [0.25, 0.3) is 0 Å². The van der Waals surface area contributed by atoms with Crippen molar-refractivity contribution in [3.8, 4) is 17.2 Å². The minimum absolute atomic E-state index is 0.198. The van der Waals surface area contributed by atoms with Crippen LogP contribution < -0.4 is 19.6 Å². The van der Waals surface area contributed by atoms with Crippen molar-refractivity contribution < 1.29 is 19.0 Å². The van der Waals surface area contributed by atoms with Crippen molar-refractivity contribution >= 4 is 12.1 Å². The SMILES string of the molecule is COc1ccc(/C=N/NC(=O)Cc2ccc3c(c2)OCCO3)cc1. The molecule has 0 saturated carbocycles. The zero-order chi connectivity index (χ0) is 16.8. The molecule has 1 amide bonds. The number of hydrogen-bond donors (Lipinski definition) is 1. The summed E-state index contributed by atoms with van der Waals surface area (Å²) in [5.74, 6) is 1.96. The Morgan fingerprint density at radius 1 is 1.17 bits per heavy atom. The van der Waals surface area contributed by atoms with E-state index in [1.54, 1.807) is 13.3 Å². The Balaban J connectivity index is 1.54. The maximum absolute atomic E-state index is 12.0. The van der Waals surface area contributed by atoms with Gasteiger partial charge in [0.05, 0.1) is 19.7 Å². The van der Waals surface area contributed by atoms with Crippen molar-refractivity contribution in [2.24, 2.45) is 5.10 Å². The van der Waals surface area contributed by atoms with Crippen molar-refractivity contribution in [1.82, 2.24) is 5.43 Å². The van der Waals surface area contributed by atoms with Crippen LogP contribution in [0.15, 0.2) is 47.6 Å². The van der Waals surface area contributed by atoms with Gasteiger partial charge in [0, 0.05) is 0 Å². The van der Waals surface area contributed by atoms with Gasteiger partial charge in [0.1, 0.15) is 19.0 Å². The summed E-state index contributed by atoms with van der Waals surface area (Å²) in [5.41, 5.74) is 4.23. The maximum Gasteiger partial charge on any atom is 0.244 e. The van der Waals surface area contributed by atoms with Crippen LogP contribution in [0.4, 0.5) is 0 Å². The summed E-state index contributed by atoms with van der Waals surface area (Å²) >= 11 is 0. The molecule has 6 nitrogen and oxygen atoms in total. The first kappa shape index (κ1) is 15.9. The Labute approximate surface area is 140 Å². The number of amides is 1. The average molecular weight is 326 g/mol. The lowest BCUT2D eigenvalue weighted by Gasteiger charge is -2.18. The van der Waals surface area contributed by atoms with E-state index in [9.17, 15) is 4.79 Å². The van der Waals surface area contributed by atoms with Gasteiger partial charge in [-0.25, -0.2) is 5.43 Å². The Morgan fingerprint density at radius 2 is 1.92 bits per heavy atom. The van der Waals surface area contributed by atoms with E-state index in [0.29, 0.717) is 24.7 Å². The topological polar surface area (TPSA) is 69.2 Å². The van der Waals surface area contributed by atoms with E-state index in [2.05, 4.69) is 10.5 Å². The molecular formula is C18H18N2O4. The lowest BCUT2D eigenvalue weighted by molar-refractivity contribution is -0.120. The van der Waals surface area contributed by atoms with Gasteiger partial charge in [0.15, 0.2) is 11.5 Å². The van der Waals surface area contributed by atoms with Crippen molar-refractivity contribution in [1.29, 1.82) is 0 Å². The summed E-state index contributed by atoms with van der Waals surface area (Å²) in [6, 6.07) is 12.9. The number of fused-ring (bicyclic) bond motifs is 1. The molecule has 2 aromatic carbocycles.